The van der Waals surface area contributed by atoms with Gasteiger partial charge in [-0.2, -0.15) is 0 Å². The molecule has 1 aromatic heterocycles. The lowest BCUT2D eigenvalue weighted by atomic mass is 10.0. The van der Waals surface area contributed by atoms with Gasteiger partial charge in [-0.25, -0.2) is 9.59 Å². The number of ketones is 1. The van der Waals surface area contributed by atoms with E-state index in [1.165, 1.54) is 36.4 Å². The molecule has 1 atom stereocenters. The topological polar surface area (TPSA) is 152 Å². The summed E-state index contributed by atoms with van der Waals surface area (Å²) < 4.78 is 9.45. The van der Waals surface area contributed by atoms with Crippen LogP contribution in [0.3, 0.4) is 0 Å². The third kappa shape index (κ3) is 4.98. The molecule has 154 valence electrons. The number of Topliss-reactive ketones (excluding diaryl/α,β-unsaturated/α-hetero) is 1. The second-order valence-corrected chi connectivity index (χ2v) is 6.29. The number of carboxylic acid groups (broad SMARTS) is 1. The molecule has 3 aromatic rings. The van der Waals surface area contributed by atoms with Crippen molar-refractivity contribution in [2.45, 2.75) is 13.0 Å². The van der Waals surface area contributed by atoms with Gasteiger partial charge in [0.1, 0.15) is 5.75 Å². The van der Waals surface area contributed by atoms with E-state index < -0.39 is 30.3 Å². The molecule has 1 unspecified atom stereocenters. The SMILES string of the molecule is CC(NC(=O)c1ccc(-c2noc(=O)[nH]2)cc1)C(=O)c1ccc(OCC(=O)O)cc1. The molecule has 0 spiro atoms. The van der Waals surface area contributed by atoms with Crippen molar-refractivity contribution in [2.24, 2.45) is 0 Å². The number of nitrogens with zero attached hydrogens (tertiary/aromatic N) is 1. The van der Waals surface area contributed by atoms with Crippen LogP contribution in [0.1, 0.15) is 27.6 Å². The maximum atomic E-state index is 12.5. The van der Waals surface area contributed by atoms with Crippen LogP contribution in [0.5, 0.6) is 5.75 Å². The Hall–Kier alpha value is -4.21. The Morgan fingerprint density at radius 2 is 1.73 bits per heavy atom. The van der Waals surface area contributed by atoms with Gasteiger partial charge in [0, 0.05) is 16.7 Å². The van der Waals surface area contributed by atoms with Crippen molar-refractivity contribution >= 4 is 17.7 Å². The summed E-state index contributed by atoms with van der Waals surface area (Å²) in [5.41, 5.74) is 1.23. The number of H-pyrrole nitrogens is 1. The fraction of sp³-hybridized carbons (Fsp3) is 0.150. The molecule has 0 fully saturated rings. The zero-order valence-corrected chi connectivity index (χ0v) is 15.7. The summed E-state index contributed by atoms with van der Waals surface area (Å²) in [6.07, 6.45) is 0. The van der Waals surface area contributed by atoms with Gasteiger partial charge in [0.15, 0.2) is 18.2 Å². The molecule has 30 heavy (non-hydrogen) atoms. The highest BCUT2D eigenvalue weighted by Gasteiger charge is 2.18. The molecule has 2 aromatic carbocycles. The Morgan fingerprint density at radius 3 is 2.30 bits per heavy atom. The number of carboxylic acids is 1. The molecule has 0 aliphatic heterocycles. The van der Waals surface area contributed by atoms with E-state index in [2.05, 4.69) is 20.0 Å². The lowest BCUT2D eigenvalue weighted by Gasteiger charge is -2.13. The molecule has 3 rings (SSSR count). The number of benzene rings is 2. The molecule has 10 nitrogen and oxygen atoms in total. The van der Waals surface area contributed by atoms with Gasteiger partial charge < -0.3 is 15.2 Å². The van der Waals surface area contributed by atoms with Gasteiger partial charge in [-0.05, 0) is 43.3 Å². The van der Waals surface area contributed by atoms with Crippen LogP contribution in [0.25, 0.3) is 11.4 Å². The van der Waals surface area contributed by atoms with Crippen LogP contribution < -0.4 is 15.8 Å². The third-order valence-electron chi connectivity index (χ3n) is 4.10. The molecule has 0 aliphatic carbocycles. The molecule has 0 aliphatic rings. The number of carbonyl (C=O) groups excluding carboxylic acids is 2. The number of ether oxygens (including phenoxy) is 1. The van der Waals surface area contributed by atoms with Gasteiger partial charge in [-0.3, -0.25) is 19.1 Å². The average molecular weight is 411 g/mol. The first-order valence-electron chi connectivity index (χ1n) is 8.79. The summed E-state index contributed by atoms with van der Waals surface area (Å²) in [6.45, 7) is 1.08. The van der Waals surface area contributed by atoms with Gasteiger partial charge >= 0.3 is 11.7 Å². The molecule has 1 heterocycles. The number of aromatic amines is 1. The highest BCUT2D eigenvalue weighted by atomic mass is 16.5. The van der Waals surface area contributed by atoms with E-state index in [1.807, 2.05) is 0 Å². The molecule has 0 radical (unpaired) electrons. The number of carbonyl (C=O) groups is 3. The number of rotatable bonds is 8. The smallest absolute Gasteiger partial charge is 0.439 e. The number of nitrogens with one attached hydrogen (secondary N) is 2. The first-order valence-corrected chi connectivity index (χ1v) is 8.79. The van der Waals surface area contributed by atoms with E-state index in [4.69, 9.17) is 9.84 Å². The predicted molar refractivity (Wildman–Crippen MR) is 103 cm³/mol. The number of aliphatic carboxylic acids is 1. The quantitative estimate of drug-likeness (QED) is 0.472. The summed E-state index contributed by atoms with van der Waals surface area (Å²) >= 11 is 0. The number of hydrogen-bond acceptors (Lipinski definition) is 7. The van der Waals surface area contributed by atoms with Crippen LogP contribution in [0.4, 0.5) is 0 Å². The Labute approximate surface area is 169 Å². The molecular weight excluding hydrogens is 394 g/mol. The monoisotopic (exact) mass is 411 g/mol. The molecule has 0 saturated heterocycles. The van der Waals surface area contributed by atoms with Gasteiger partial charge in [-0.15, -0.1) is 0 Å². The Kier molecular flexibility index (Phi) is 6.06. The molecule has 0 bridgehead atoms. The molecular formula is C20H17N3O7. The summed E-state index contributed by atoms with van der Waals surface area (Å²) in [7, 11) is 0. The number of amides is 1. The van der Waals surface area contributed by atoms with Gasteiger partial charge in [-0.1, -0.05) is 17.3 Å². The minimum Gasteiger partial charge on any atom is -0.482 e. The van der Waals surface area contributed by atoms with E-state index in [9.17, 15) is 19.2 Å². The highest BCUT2D eigenvalue weighted by molar-refractivity contribution is 6.04. The van der Waals surface area contributed by atoms with E-state index in [0.29, 0.717) is 22.4 Å². The van der Waals surface area contributed by atoms with Gasteiger partial charge in [0.25, 0.3) is 5.91 Å². The van der Waals surface area contributed by atoms with Crippen LogP contribution in [-0.2, 0) is 4.79 Å². The lowest BCUT2D eigenvalue weighted by Crippen LogP contribution is -2.38. The minimum absolute atomic E-state index is 0.242. The molecule has 10 heteroatoms. The molecule has 3 N–H and O–H groups in total. The van der Waals surface area contributed by atoms with E-state index in [1.54, 1.807) is 19.1 Å². The average Bonchev–Trinajstić information content (AvgIpc) is 3.18. The minimum atomic E-state index is -1.10. The van der Waals surface area contributed by atoms with Crippen LogP contribution >= 0.6 is 0 Å². The van der Waals surface area contributed by atoms with E-state index >= 15 is 0 Å². The fourth-order valence-electron chi connectivity index (χ4n) is 2.59. The number of hydrogen-bond donors (Lipinski definition) is 3. The maximum Gasteiger partial charge on any atom is 0.439 e. The van der Waals surface area contributed by atoms with Crippen molar-refractivity contribution < 1.29 is 28.8 Å². The van der Waals surface area contributed by atoms with Gasteiger partial charge in [0.05, 0.1) is 6.04 Å². The second kappa shape index (κ2) is 8.86. The van der Waals surface area contributed by atoms with Crippen molar-refractivity contribution in [1.29, 1.82) is 0 Å². The predicted octanol–water partition coefficient (Wildman–Crippen LogP) is 1.49. The zero-order valence-electron chi connectivity index (χ0n) is 15.7. The lowest BCUT2D eigenvalue weighted by molar-refractivity contribution is -0.139. The number of aromatic nitrogens is 2. The van der Waals surface area contributed by atoms with Crippen molar-refractivity contribution in [3.8, 4) is 17.1 Å². The summed E-state index contributed by atoms with van der Waals surface area (Å²) in [5.74, 6) is -1.98. The standard InChI is InChI=1S/C20H17N3O7/c1-11(17(26)12-6-8-15(9-7-12)29-10-16(24)25)21-19(27)14-4-2-13(3-5-14)18-22-20(28)30-23-18/h2-9,11H,10H2,1H3,(H,21,27)(H,24,25)(H,22,23,28). The normalized spacial score (nSPS) is 11.5. The Bertz CT molecular complexity index is 1110. The Balaban J connectivity index is 1.61. The van der Waals surface area contributed by atoms with Crippen LogP contribution in [0.2, 0.25) is 0 Å². The van der Waals surface area contributed by atoms with Crippen molar-refractivity contribution in [3.05, 3.63) is 70.2 Å². The van der Waals surface area contributed by atoms with Crippen molar-refractivity contribution in [2.75, 3.05) is 6.61 Å². The zero-order chi connectivity index (χ0) is 21.7. The van der Waals surface area contributed by atoms with E-state index in [-0.39, 0.29) is 11.6 Å². The van der Waals surface area contributed by atoms with Crippen LogP contribution in [0.15, 0.2) is 57.8 Å². The van der Waals surface area contributed by atoms with Gasteiger partial charge in [0.2, 0.25) is 0 Å². The fourth-order valence-corrected chi connectivity index (χ4v) is 2.59. The first kappa shape index (κ1) is 20.5. The van der Waals surface area contributed by atoms with Crippen molar-refractivity contribution in [3.63, 3.8) is 0 Å². The largest absolute Gasteiger partial charge is 0.482 e. The first-order chi connectivity index (χ1) is 14.3. The van der Waals surface area contributed by atoms with Crippen LogP contribution in [-0.4, -0.2) is 45.6 Å². The molecule has 1 amide bonds. The second-order valence-electron chi connectivity index (χ2n) is 6.29. The Morgan fingerprint density at radius 1 is 1.10 bits per heavy atom. The molecule has 0 saturated carbocycles. The third-order valence-corrected chi connectivity index (χ3v) is 4.10. The summed E-state index contributed by atoms with van der Waals surface area (Å²) in [5, 5.41) is 14.8. The summed E-state index contributed by atoms with van der Waals surface area (Å²) in [4.78, 5) is 48.9. The highest BCUT2D eigenvalue weighted by Crippen LogP contribution is 2.16. The van der Waals surface area contributed by atoms with Crippen LogP contribution in [0, 0.1) is 0 Å². The summed E-state index contributed by atoms with van der Waals surface area (Å²) in [6, 6.07) is 11.4. The maximum absolute atomic E-state index is 12.5. The van der Waals surface area contributed by atoms with E-state index in [0.717, 1.165) is 0 Å². The van der Waals surface area contributed by atoms with Crippen molar-refractivity contribution in [1.82, 2.24) is 15.5 Å².